The average Bonchev–Trinajstić information content (AvgIpc) is 3.05. The molecule has 0 unspecified atom stereocenters. The van der Waals surface area contributed by atoms with Crippen LogP contribution in [0.15, 0.2) is 72.8 Å². The van der Waals surface area contributed by atoms with E-state index in [1.807, 2.05) is 0 Å². The fourth-order valence-electron chi connectivity index (χ4n) is 8.25. The van der Waals surface area contributed by atoms with Crippen LogP contribution in [0.5, 0.6) is 0 Å². The molecule has 0 aliphatic carbocycles. The first-order valence-electron chi connectivity index (χ1n) is 18.3. The molecule has 0 spiro atoms. The van der Waals surface area contributed by atoms with Crippen molar-refractivity contribution in [3.63, 3.8) is 0 Å². The van der Waals surface area contributed by atoms with E-state index in [1.54, 1.807) is 0 Å². The molecule has 0 radical (unpaired) electrons. The molecule has 0 fully saturated rings. The van der Waals surface area contributed by atoms with Crippen molar-refractivity contribution in [2.24, 2.45) is 0 Å². The number of benzene rings is 5. The summed E-state index contributed by atoms with van der Waals surface area (Å²) in [5.41, 5.74) is 10.7. The highest BCUT2D eigenvalue weighted by atomic mass is 28.3. The second-order valence-corrected chi connectivity index (χ2v) is 22.4. The first kappa shape index (κ1) is 34.0. The Morgan fingerprint density at radius 1 is 0.391 bits per heavy atom. The van der Waals surface area contributed by atoms with E-state index in [4.69, 9.17) is 0 Å². The lowest BCUT2D eigenvalue weighted by atomic mass is 9.89. The number of fused-ring (bicyclic) bond motifs is 4. The molecule has 0 atom stereocenters. The smallest absolute Gasteiger partial charge is 0.126 e. The van der Waals surface area contributed by atoms with E-state index in [0.29, 0.717) is 0 Å². The quantitative estimate of drug-likeness (QED) is 0.0724. The summed E-state index contributed by atoms with van der Waals surface area (Å²) < 4.78 is 0. The van der Waals surface area contributed by atoms with Crippen LogP contribution in [0, 0.1) is 22.9 Å². The van der Waals surface area contributed by atoms with Gasteiger partial charge in [-0.3, -0.25) is 0 Å². The maximum atomic E-state index is 4.12. The van der Waals surface area contributed by atoms with Crippen LogP contribution in [0.25, 0.3) is 43.1 Å². The van der Waals surface area contributed by atoms with Crippen molar-refractivity contribution in [1.29, 1.82) is 0 Å². The lowest BCUT2D eigenvalue weighted by Gasteiger charge is -2.25. The summed E-state index contributed by atoms with van der Waals surface area (Å²) in [6.07, 6.45) is 7.36. The van der Waals surface area contributed by atoms with Gasteiger partial charge in [-0.15, -0.1) is 11.1 Å². The average molecular weight is 639 g/mol. The molecule has 5 aromatic carbocycles. The Balaban J connectivity index is 1.94. The van der Waals surface area contributed by atoms with Gasteiger partial charge in [0, 0.05) is 11.1 Å². The maximum absolute atomic E-state index is 4.12. The Bertz CT molecular complexity index is 1670. The van der Waals surface area contributed by atoms with Crippen LogP contribution in [0.2, 0.25) is 36.3 Å². The lowest BCUT2D eigenvalue weighted by Crippen LogP contribution is -2.32. The summed E-state index contributed by atoms with van der Waals surface area (Å²) in [6.45, 7) is 14.1. The predicted molar refractivity (Wildman–Crippen MR) is 212 cm³/mol. The molecule has 0 heterocycles. The molecule has 0 saturated heterocycles. The highest BCUT2D eigenvalue weighted by Gasteiger charge is 2.30. The van der Waals surface area contributed by atoms with Crippen LogP contribution in [-0.4, -0.2) is 16.1 Å². The standard InChI is InChI=1S/C44H54Si2/c1-7-23-45(24-8-2,25-9-3)29-21-39-41-31-35-17-13-15-19-37(35)33-43(41)40(22-30-46(26-10-4,27-11-5)28-12-6)44-34-38-20-16-14-18-36(38)32-42(39)44/h13-20,31-34H,7-12,23-28H2,1-6H3. The monoisotopic (exact) mass is 638 g/mol. The summed E-state index contributed by atoms with van der Waals surface area (Å²) >= 11 is 0. The largest absolute Gasteiger partial charge is 0.138 e. The van der Waals surface area contributed by atoms with Gasteiger partial charge in [0.1, 0.15) is 16.1 Å². The van der Waals surface area contributed by atoms with Crippen molar-refractivity contribution < 1.29 is 0 Å². The second-order valence-electron chi connectivity index (χ2n) is 13.8. The van der Waals surface area contributed by atoms with Crippen LogP contribution < -0.4 is 0 Å². The Morgan fingerprint density at radius 3 is 0.848 bits per heavy atom. The minimum absolute atomic E-state index is 1.21. The third-order valence-corrected chi connectivity index (χ3v) is 20.2. The Labute approximate surface area is 281 Å². The van der Waals surface area contributed by atoms with Crippen LogP contribution in [-0.2, 0) is 0 Å². The van der Waals surface area contributed by atoms with Crippen molar-refractivity contribution in [3.05, 3.63) is 83.9 Å². The summed E-state index contributed by atoms with van der Waals surface area (Å²) in [7, 11) is -3.45. The van der Waals surface area contributed by atoms with Crippen LogP contribution in [0.1, 0.15) is 91.2 Å². The zero-order valence-corrected chi connectivity index (χ0v) is 31.4. The van der Waals surface area contributed by atoms with Gasteiger partial charge in [0.15, 0.2) is 0 Å². The van der Waals surface area contributed by atoms with E-state index in [9.17, 15) is 0 Å². The lowest BCUT2D eigenvalue weighted by molar-refractivity contribution is 0.940. The summed E-state index contributed by atoms with van der Waals surface area (Å²) in [5, 5.41) is 10.2. The Morgan fingerprint density at radius 2 is 0.630 bits per heavy atom. The minimum atomic E-state index is -1.73. The fourth-order valence-corrected chi connectivity index (χ4v) is 17.0. The third-order valence-electron chi connectivity index (χ3n) is 10.1. The molecule has 0 nitrogen and oxygen atoms in total. The van der Waals surface area contributed by atoms with Crippen molar-refractivity contribution in [3.8, 4) is 22.9 Å². The van der Waals surface area contributed by atoms with Crippen LogP contribution in [0.3, 0.4) is 0 Å². The Hall–Kier alpha value is -3.31. The van der Waals surface area contributed by atoms with E-state index in [-0.39, 0.29) is 0 Å². The predicted octanol–water partition coefficient (Wildman–Crippen LogP) is 13.4. The topological polar surface area (TPSA) is 0 Å². The van der Waals surface area contributed by atoms with E-state index >= 15 is 0 Å². The normalized spacial score (nSPS) is 12.0. The van der Waals surface area contributed by atoms with E-state index < -0.39 is 16.1 Å². The molecule has 0 aliphatic heterocycles. The second kappa shape index (κ2) is 15.5. The molecule has 0 amide bonds. The molecule has 0 aromatic heterocycles. The van der Waals surface area contributed by atoms with Gasteiger partial charge in [-0.25, -0.2) is 0 Å². The number of rotatable bonds is 12. The van der Waals surface area contributed by atoms with E-state index in [2.05, 4.69) is 137 Å². The highest BCUT2D eigenvalue weighted by Crippen LogP contribution is 2.38. The maximum Gasteiger partial charge on any atom is 0.138 e. The van der Waals surface area contributed by atoms with Crippen molar-refractivity contribution >= 4 is 59.2 Å². The van der Waals surface area contributed by atoms with E-state index in [1.165, 1.54) is 129 Å². The van der Waals surface area contributed by atoms with Gasteiger partial charge in [0.2, 0.25) is 0 Å². The van der Waals surface area contributed by atoms with Gasteiger partial charge < -0.3 is 0 Å². The number of hydrogen-bond donors (Lipinski definition) is 0. The molecule has 46 heavy (non-hydrogen) atoms. The van der Waals surface area contributed by atoms with E-state index in [0.717, 1.165) is 0 Å². The molecular formula is C44H54Si2. The summed E-state index contributed by atoms with van der Waals surface area (Å²) in [4.78, 5) is 0. The molecule has 5 rings (SSSR count). The molecule has 0 saturated carbocycles. The Kier molecular flexibility index (Phi) is 11.5. The van der Waals surface area contributed by atoms with Crippen molar-refractivity contribution in [1.82, 2.24) is 0 Å². The van der Waals surface area contributed by atoms with Crippen LogP contribution >= 0.6 is 0 Å². The SMILES string of the molecule is CCC[Si](C#Cc1c2cc3ccccc3cc2c(C#C[Si](CCC)(CCC)CCC)c2cc3ccccc3cc12)(CCC)CCC. The third kappa shape index (κ3) is 7.15. The van der Waals surface area contributed by atoms with Crippen molar-refractivity contribution in [2.75, 3.05) is 0 Å². The molecule has 0 N–H and O–H groups in total. The minimum Gasteiger partial charge on any atom is -0.126 e. The molecule has 238 valence electrons. The molecule has 5 aromatic rings. The van der Waals surface area contributed by atoms with Crippen molar-refractivity contribution in [2.45, 2.75) is 116 Å². The molecule has 0 bridgehead atoms. The molecular weight excluding hydrogens is 585 g/mol. The van der Waals surface area contributed by atoms with Gasteiger partial charge in [0.25, 0.3) is 0 Å². The first-order valence-corrected chi connectivity index (χ1v) is 23.6. The van der Waals surface area contributed by atoms with Gasteiger partial charge >= 0.3 is 0 Å². The van der Waals surface area contributed by atoms with Gasteiger partial charge in [-0.1, -0.05) is 140 Å². The highest BCUT2D eigenvalue weighted by molar-refractivity contribution is 6.87. The summed E-state index contributed by atoms with van der Waals surface area (Å²) in [5.74, 6) is 7.98. The zero-order chi connectivity index (χ0) is 32.6. The van der Waals surface area contributed by atoms with Gasteiger partial charge in [0.05, 0.1) is 0 Å². The van der Waals surface area contributed by atoms with Gasteiger partial charge in [-0.05, 0) is 104 Å². The van der Waals surface area contributed by atoms with Gasteiger partial charge in [-0.2, -0.15) is 0 Å². The summed E-state index contributed by atoms with van der Waals surface area (Å²) in [6, 6.07) is 35.2. The molecule has 2 heteroatoms. The molecule has 0 aliphatic rings. The fraction of sp³-hybridized carbons (Fsp3) is 0.409. The van der Waals surface area contributed by atoms with Crippen LogP contribution in [0.4, 0.5) is 0 Å². The first-order chi connectivity index (χ1) is 22.5. The number of hydrogen-bond acceptors (Lipinski definition) is 0. The zero-order valence-electron chi connectivity index (χ0n) is 29.4.